The van der Waals surface area contributed by atoms with Gasteiger partial charge in [-0.05, 0) is 26.0 Å². The fraction of sp³-hybridized carbons (Fsp3) is 0.417. The summed E-state index contributed by atoms with van der Waals surface area (Å²) in [6, 6.07) is 6.98. The number of hydrogen-bond acceptors (Lipinski definition) is 2. The van der Waals surface area contributed by atoms with Crippen LogP contribution in [0.4, 0.5) is 0 Å². The van der Waals surface area contributed by atoms with E-state index in [2.05, 4.69) is 0 Å². The topological polar surface area (TPSA) is 26.3 Å². The van der Waals surface area contributed by atoms with Gasteiger partial charge in [0.05, 0.1) is 12.7 Å². The van der Waals surface area contributed by atoms with Crippen molar-refractivity contribution in [1.82, 2.24) is 0 Å². The minimum absolute atomic E-state index is 0.0677. The minimum atomic E-state index is 0.0677. The summed E-state index contributed by atoms with van der Waals surface area (Å²) in [4.78, 5) is 11.6. The molecule has 15 heavy (non-hydrogen) atoms. The second kappa shape index (κ2) is 5.89. The molecule has 0 aliphatic rings. The fourth-order valence-corrected chi connectivity index (χ4v) is 1.38. The molecule has 0 aromatic heterocycles. The molecule has 0 spiro atoms. The van der Waals surface area contributed by atoms with Crippen molar-refractivity contribution in [3.05, 3.63) is 34.9 Å². The Morgan fingerprint density at radius 1 is 1.47 bits per heavy atom. The largest absolute Gasteiger partial charge is 0.378 e. The summed E-state index contributed by atoms with van der Waals surface area (Å²) in [5.74, 6) is 0.0677. The summed E-state index contributed by atoms with van der Waals surface area (Å²) in [5.41, 5.74) is 0.648. The molecule has 1 aromatic rings. The predicted molar refractivity (Wildman–Crippen MR) is 61.5 cm³/mol. The van der Waals surface area contributed by atoms with E-state index >= 15 is 0 Å². The molecule has 0 bridgehead atoms. The molecule has 0 saturated heterocycles. The van der Waals surface area contributed by atoms with Gasteiger partial charge in [-0.3, -0.25) is 4.79 Å². The van der Waals surface area contributed by atoms with Gasteiger partial charge in [0.2, 0.25) is 0 Å². The average Bonchev–Trinajstić information content (AvgIpc) is 2.17. The van der Waals surface area contributed by atoms with Gasteiger partial charge in [-0.1, -0.05) is 23.7 Å². The van der Waals surface area contributed by atoms with Crippen LogP contribution in [0.3, 0.4) is 0 Å². The zero-order valence-corrected chi connectivity index (χ0v) is 9.75. The second-order valence-electron chi connectivity index (χ2n) is 3.60. The summed E-state index contributed by atoms with van der Waals surface area (Å²) < 4.78 is 5.31. The van der Waals surface area contributed by atoms with Crippen LogP contribution < -0.4 is 0 Å². The lowest BCUT2D eigenvalue weighted by atomic mass is 10.1. The minimum Gasteiger partial charge on any atom is -0.378 e. The molecule has 0 radical (unpaired) electrons. The van der Waals surface area contributed by atoms with Crippen molar-refractivity contribution >= 4 is 17.4 Å². The van der Waals surface area contributed by atoms with Crippen molar-refractivity contribution < 1.29 is 9.53 Å². The molecule has 82 valence electrons. The molecule has 0 N–H and O–H groups in total. The van der Waals surface area contributed by atoms with Crippen molar-refractivity contribution in [2.24, 2.45) is 0 Å². The quantitative estimate of drug-likeness (QED) is 0.720. The average molecular weight is 227 g/mol. The Hall–Kier alpha value is -0.860. The molecule has 2 nitrogen and oxygen atoms in total. The molecule has 0 saturated carbocycles. The van der Waals surface area contributed by atoms with Gasteiger partial charge in [-0.15, -0.1) is 0 Å². The first kappa shape index (κ1) is 12.2. The standard InChI is InChI=1S/C12H15ClO2/c1-9(2)15-7-6-12(14)10-4-3-5-11(13)8-10/h3-5,8-9H,6-7H2,1-2H3. The molecule has 3 heteroatoms. The number of ketones is 1. The third-order valence-electron chi connectivity index (χ3n) is 1.93. The van der Waals surface area contributed by atoms with Crippen LogP contribution in [0.2, 0.25) is 5.02 Å². The van der Waals surface area contributed by atoms with Gasteiger partial charge in [0.25, 0.3) is 0 Å². The Morgan fingerprint density at radius 3 is 2.80 bits per heavy atom. The molecular formula is C12H15ClO2. The number of halogens is 1. The molecule has 0 heterocycles. The highest BCUT2D eigenvalue weighted by Crippen LogP contribution is 2.12. The lowest BCUT2D eigenvalue weighted by molar-refractivity contribution is 0.0678. The first-order chi connectivity index (χ1) is 7.09. The summed E-state index contributed by atoms with van der Waals surface area (Å²) in [7, 11) is 0. The van der Waals surface area contributed by atoms with Gasteiger partial charge < -0.3 is 4.74 Å². The first-order valence-electron chi connectivity index (χ1n) is 5.00. The van der Waals surface area contributed by atoms with Gasteiger partial charge >= 0.3 is 0 Å². The number of carbonyl (C=O) groups excluding carboxylic acids is 1. The van der Waals surface area contributed by atoms with Gasteiger partial charge in [0.1, 0.15) is 0 Å². The van der Waals surface area contributed by atoms with Crippen LogP contribution in [0.15, 0.2) is 24.3 Å². The first-order valence-corrected chi connectivity index (χ1v) is 5.38. The molecule has 0 fully saturated rings. The number of benzene rings is 1. The number of hydrogen-bond donors (Lipinski definition) is 0. The van der Waals surface area contributed by atoms with Crippen molar-refractivity contribution in [1.29, 1.82) is 0 Å². The number of carbonyl (C=O) groups is 1. The van der Waals surface area contributed by atoms with Crippen LogP contribution >= 0.6 is 11.6 Å². The van der Waals surface area contributed by atoms with Gasteiger partial charge in [-0.2, -0.15) is 0 Å². The van der Waals surface area contributed by atoms with Crippen LogP contribution in [0.1, 0.15) is 30.6 Å². The maximum absolute atomic E-state index is 11.6. The van der Waals surface area contributed by atoms with E-state index in [1.807, 2.05) is 13.8 Å². The van der Waals surface area contributed by atoms with Gasteiger partial charge in [0, 0.05) is 17.0 Å². The Balaban J connectivity index is 2.47. The van der Waals surface area contributed by atoms with E-state index in [-0.39, 0.29) is 11.9 Å². The second-order valence-corrected chi connectivity index (χ2v) is 4.04. The number of Topliss-reactive ketones (excluding diaryl/α,β-unsaturated/α-hetero) is 1. The van der Waals surface area contributed by atoms with Crippen molar-refractivity contribution in [3.8, 4) is 0 Å². The van der Waals surface area contributed by atoms with Crippen molar-refractivity contribution in [2.75, 3.05) is 6.61 Å². The zero-order valence-electron chi connectivity index (χ0n) is 9.00. The van der Waals surface area contributed by atoms with Crippen LogP contribution in [0.5, 0.6) is 0 Å². The lowest BCUT2D eigenvalue weighted by Gasteiger charge is -2.06. The van der Waals surface area contributed by atoms with E-state index in [9.17, 15) is 4.79 Å². The summed E-state index contributed by atoms with van der Waals surface area (Å²) in [6.07, 6.45) is 0.565. The van der Waals surface area contributed by atoms with E-state index in [0.29, 0.717) is 23.6 Å². The van der Waals surface area contributed by atoms with E-state index in [4.69, 9.17) is 16.3 Å². The fourth-order valence-electron chi connectivity index (χ4n) is 1.19. The van der Waals surface area contributed by atoms with Crippen molar-refractivity contribution in [2.45, 2.75) is 26.4 Å². The Kier molecular flexibility index (Phi) is 4.79. The maximum Gasteiger partial charge on any atom is 0.165 e. The van der Waals surface area contributed by atoms with Crippen molar-refractivity contribution in [3.63, 3.8) is 0 Å². The van der Waals surface area contributed by atoms with Crippen LogP contribution in [0.25, 0.3) is 0 Å². The molecule has 1 aromatic carbocycles. The van der Waals surface area contributed by atoms with Crippen LogP contribution in [-0.2, 0) is 4.74 Å². The van der Waals surface area contributed by atoms with Gasteiger partial charge in [0.15, 0.2) is 5.78 Å². The summed E-state index contributed by atoms with van der Waals surface area (Å²) >= 11 is 5.79. The molecule has 0 aliphatic carbocycles. The molecule has 0 amide bonds. The Morgan fingerprint density at radius 2 is 2.20 bits per heavy atom. The molecule has 0 atom stereocenters. The van der Waals surface area contributed by atoms with Crippen LogP contribution in [0, 0.1) is 0 Å². The van der Waals surface area contributed by atoms with E-state index in [0.717, 1.165) is 0 Å². The molecular weight excluding hydrogens is 212 g/mol. The number of rotatable bonds is 5. The SMILES string of the molecule is CC(C)OCCC(=O)c1cccc(Cl)c1. The summed E-state index contributed by atoms with van der Waals surface area (Å²) in [6.45, 7) is 4.36. The van der Waals surface area contributed by atoms with E-state index in [1.165, 1.54) is 0 Å². The van der Waals surface area contributed by atoms with Gasteiger partial charge in [-0.25, -0.2) is 0 Å². The normalized spacial score (nSPS) is 10.7. The Bertz CT molecular complexity index is 334. The molecule has 0 unspecified atom stereocenters. The third kappa shape index (κ3) is 4.45. The smallest absolute Gasteiger partial charge is 0.165 e. The van der Waals surface area contributed by atoms with Crippen LogP contribution in [-0.4, -0.2) is 18.5 Å². The Labute approximate surface area is 95.2 Å². The predicted octanol–water partition coefficient (Wildman–Crippen LogP) is 3.34. The maximum atomic E-state index is 11.6. The zero-order chi connectivity index (χ0) is 11.3. The highest BCUT2D eigenvalue weighted by atomic mass is 35.5. The highest BCUT2D eigenvalue weighted by Gasteiger charge is 2.06. The van der Waals surface area contributed by atoms with E-state index < -0.39 is 0 Å². The highest BCUT2D eigenvalue weighted by molar-refractivity contribution is 6.31. The monoisotopic (exact) mass is 226 g/mol. The summed E-state index contributed by atoms with van der Waals surface area (Å²) in [5, 5.41) is 0.589. The number of ether oxygens (including phenoxy) is 1. The lowest BCUT2D eigenvalue weighted by Crippen LogP contribution is -2.09. The van der Waals surface area contributed by atoms with E-state index in [1.54, 1.807) is 24.3 Å². The molecule has 1 rings (SSSR count). The third-order valence-corrected chi connectivity index (χ3v) is 2.16. The molecule has 0 aliphatic heterocycles.